The quantitative estimate of drug-likeness (QED) is 0.912. The molecule has 1 aromatic heterocycles. The average Bonchev–Trinajstić information content (AvgIpc) is 2.95. The summed E-state index contributed by atoms with van der Waals surface area (Å²) in [5, 5.41) is 3.52. The third-order valence-corrected chi connectivity index (χ3v) is 4.92. The SMILES string of the molecule is C[C@@H](C[S@@](C)=O)N(C)C(=O)Nc1cc(-c2ccccc2)ns1. The standard InChI is InChI=1S/C15H19N3O2S2/c1-11(10-22(3)20)18(2)15(19)16-14-9-13(17-21-14)12-7-5-4-6-8-12/h4-9,11H,10H2,1-3H3,(H,16,19)/t11-,22+/m0/s1. The van der Waals surface area contributed by atoms with Crippen molar-refractivity contribution in [1.29, 1.82) is 0 Å². The van der Waals surface area contributed by atoms with E-state index in [0.717, 1.165) is 11.3 Å². The molecule has 0 saturated carbocycles. The van der Waals surface area contributed by atoms with Crippen molar-refractivity contribution in [2.24, 2.45) is 0 Å². The zero-order chi connectivity index (χ0) is 16.1. The van der Waals surface area contributed by atoms with Gasteiger partial charge < -0.3 is 4.90 Å². The normalized spacial score (nSPS) is 13.4. The lowest BCUT2D eigenvalue weighted by Gasteiger charge is -2.23. The van der Waals surface area contributed by atoms with Gasteiger partial charge in [0.25, 0.3) is 0 Å². The zero-order valence-electron chi connectivity index (χ0n) is 12.8. The van der Waals surface area contributed by atoms with Crippen LogP contribution in [0.4, 0.5) is 9.80 Å². The van der Waals surface area contributed by atoms with E-state index >= 15 is 0 Å². The van der Waals surface area contributed by atoms with Crippen LogP contribution in [0.2, 0.25) is 0 Å². The third-order valence-electron chi connectivity index (χ3n) is 3.27. The summed E-state index contributed by atoms with van der Waals surface area (Å²) in [6.07, 6.45) is 1.64. The van der Waals surface area contributed by atoms with Crippen molar-refractivity contribution in [2.75, 3.05) is 24.4 Å². The summed E-state index contributed by atoms with van der Waals surface area (Å²) in [6, 6.07) is 11.4. The number of amides is 2. The molecule has 2 amide bonds. The van der Waals surface area contributed by atoms with Crippen LogP contribution in [-0.2, 0) is 10.8 Å². The largest absolute Gasteiger partial charge is 0.324 e. The number of anilines is 1. The molecule has 7 heteroatoms. The van der Waals surface area contributed by atoms with E-state index in [4.69, 9.17) is 0 Å². The van der Waals surface area contributed by atoms with Gasteiger partial charge in [0, 0.05) is 47.5 Å². The molecular formula is C15H19N3O2S2. The Morgan fingerprint density at radius 2 is 2.09 bits per heavy atom. The molecule has 1 aromatic carbocycles. The minimum atomic E-state index is -0.931. The Bertz CT molecular complexity index is 658. The van der Waals surface area contributed by atoms with Gasteiger partial charge in [0.15, 0.2) is 0 Å². The first kappa shape index (κ1) is 16.6. The second-order valence-corrected chi connectivity index (χ2v) is 7.36. The second kappa shape index (κ2) is 7.51. The molecule has 0 unspecified atom stereocenters. The van der Waals surface area contributed by atoms with Gasteiger partial charge in [-0.25, -0.2) is 4.79 Å². The fourth-order valence-corrected chi connectivity index (χ4v) is 3.48. The molecule has 0 fully saturated rings. The summed E-state index contributed by atoms with van der Waals surface area (Å²) in [6.45, 7) is 1.88. The van der Waals surface area contributed by atoms with Gasteiger partial charge in [-0.3, -0.25) is 9.53 Å². The van der Waals surface area contributed by atoms with Gasteiger partial charge in [0.2, 0.25) is 0 Å². The Morgan fingerprint density at radius 3 is 2.73 bits per heavy atom. The summed E-state index contributed by atoms with van der Waals surface area (Å²) in [5.74, 6) is 0.460. The maximum absolute atomic E-state index is 12.2. The number of nitrogens with zero attached hydrogens (tertiary/aromatic N) is 2. The molecule has 0 saturated heterocycles. The van der Waals surface area contributed by atoms with Crippen molar-refractivity contribution in [3.63, 3.8) is 0 Å². The molecule has 22 heavy (non-hydrogen) atoms. The first-order chi connectivity index (χ1) is 10.5. The molecule has 0 aliphatic rings. The van der Waals surface area contributed by atoms with E-state index in [2.05, 4.69) is 9.69 Å². The Kier molecular flexibility index (Phi) is 5.68. The van der Waals surface area contributed by atoms with E-state index < -0.39 is 10.8 Å². The number of hydrogen-bond donors (Lipinski definition) is 1. The Labute approximate surface area is 137 Å². The molecule has 118 valence electrons. The van der Waals surface area contributed by atoms with Crippen molar-refractivity contribution in [2.45, 2.75) is 13.0 Å². The smallest absolute Gasteiger partial charge is 0.322 e. The van der Waals surface area contributed by atoms with Crippen LogP contribution in [0.15, 0.2) is 36.4 Å². The van der Waals surface area contributed by atoms with Crippen molar-refractivity contribution >= 4 is 33.4 Å². The summed E-state index contributed by atoms with van der Waals surface area (Å²) in [4.78, 5) is 13.7. The fraction of sp³-hybridized carbons (Fsp3) is 0.333. The zero-order valence-corrected chi connectivity index (χ0v) is 14.4. The predicted octanol–water partition coefficient (Wildman–Crippen LogP) is 3.04. The van der Waals surface area contributed by atoms with Crippen LogP contribution in [0.3, 0.4) is 0 Å². The molecule has 0 aliphatic carbocycles. The van der Waals surface area contributed by atoms with Crippen molar-refractivity contribution in [3.8, 4) is 11.3 Å². The van der Waals surface area contributed by atoms with Gasteiger partial charge in [-0.15, -0.1) is 0 Å². The van der Waals surface area contributed by atoms with Crippen LogP contribution < -0.4 is 5.32 Å². The van der Waals surface area contributed by atoms with Gasteiger partial charge in [-0.1, -0.05) is 30.3 Å². The highest BCUT2D eigenvalue weighted by molar-refractivity contribution is 7.84. The molecule has 0 aliphatic heterocycles. The van der Waals surface area contributed by atoms with E-state index in [1.165, 1.54) is 11.5 Å². The predicted molar refractivity (Wildman–Crippen MR) is 92.7 cm³/mol. The number of hydrogen-bond acceptors (Lipinski definition) is 4. The van der Waals surface area contributed by atoms with Gasteiger partial charge in [-0.05, 0) is 18.5 Å². The second-order valence-electron chi connectivity index (χ2n) is 5.07. The lowest BCUT2D eigenvalue weighted by atomic mass is 10.2. The monoisotopic (exact) mass is 337 g/mol. The number of nitrogens with one attached hydrogen (secondary N) is 1. The molecule has 0 bridgehead atoms. The molecule has 1 heterocycles. The summed E-state index contributed by atoms with van der Waals surface area (Å²) < 4.78 is 15.6. The molecule has 2 aromatic rings. The van der Waals surface area contributed by atoms with E-state index in [9.17, 15) is 9.00 Å². The molecule has 2 atom stereocenters. The maximum atomic E-state index is 12.2. The highest BCUT2D eigenvalue weighted by Crippen LogP contribution is 2.25. The van der Waals surface area contributed by atoms with Gasteiger partial charge >= 0.3 is 6.03 Å². The van der Waals surface area contributed by atoms with Crippen LogP contribution in [0.5, 0.6) is 0 Å². The Hall–Kier alpha value is -1.73. The number of rotatable bonds is 5. The molecular weight excluding hydrogens is 318 g/mol. The lowest BCUT2D eigenvalue weighted by Crippen LogP contribution is -2.40. The maximum Gasteiger partial charge on any atom is 0.322 e. The van der Waals surface area contributed by atoms with Gasteiger partial charge in [0.1, 0.15) is 5.00 Å². The van der Waals surface area contributed by atoms with Crippen LogP contribution in [0, 0.1) is 0 Å². The highest BCUT2D eigenvalue weighted by Gasteiger charge is 2.17. The summed E-state index contributed by atoms with van der Waals surface area (Å²) in [7, 11) is 0.769. The minimum absolute atomic E-state index is 0.0904. The third kappa shape index (κ3) is 4.38. The van der Waals surface area contributed by atoms with Gasteiger partial charge in [-0.2, -0.15) is 4.37 Å². The Morgan fingerprint density at radius 1 is 1.41 bits per heavy atom. The number of benzene rings is 1. The van der Waals surface area contributed by atoms with E-state index in [1.54, 1.807) is 18.2 Å². The van der Waals surface area contributed by atoms with Crippen LogP contribution in [0.1, 0.15) is 6.92 Å². The number of urea groups is 1. The summed E-state index contributed by atoms with van der Waals surface area (Å²) >= 11 is 1.25. The van der Waals surface area contributed by atoms with Gasteiger partial charge in [0.05, 0.1) is 5.69 Å². The minimum Gasteiger partial charge on any atom is -0.324 e. The first-order valence-corrected chi connectivity index (χ1v) is 9.33. The van der Waals surface area contributed by atoms with Crippen molar-refractivity contribution < 1.29 is 9.00 Å². The van der Waals surface area contributed by atoms with E-state index in [1.807, 2.05) is 43.3 Å². The summed E-state index contributed by atoms with van der Waals surface area (Å²) in [5.41, 5.74) is 1.86. The fourth-order valence-electron chi connectivity index (χ4n) is 1.92. The molecule has 5 nitrogen and oxygen atoms in total. The molecule has 0 spiro atoms. The molecule has 2 rings (SSSR count). The molecule has 0 radical (unpaired) electrons. The highest BCUT2D eigenvalue weighted by atomic mass is 32.2. The van der Waals surface area contributed by atoms with Crippen LogP contribution >= 0.6 is 11.5 Å². The topological polar surface area (TPSA) is 62.3 Å². The van der Waals surface area contributed by atoms with Crippen LogP contribution in [-0.4, -0.2) is 44.6 Å². The van der Waals surface area contributed by atoms with Crippen molar-refractivity contribution in [1.82, 2.24) is 9.27 Å². The average molecular weight is 337 g/mol. The van der Waals surface area contributed by atoms with E-state index in [0.29, 0.717) is 10.8 Å². The first-order valence-electron chi connectivity index (χ1n) is 6.83. The Balaban J connectivity index is 2.01. The number of carbonyl (C=O) groups is 1. The van der Waals surface area contributed by atoms with E-state index in [-0.39, 0.29) is 12.1 Å². The van der Waals surface area contributed by atoms with Crippen molar-refractivity contribution in [3.05, 3.63) is 36.4 Å². The molecule has 1 N–H and O–H groups in total. The number of carbonyl (C=O) groups excluding carboxylic acids is 1. The van der Waals surface area contributed by atoms with Crippen LogP contribution in [0.25, 0.3) is 11.3 Å². The number of aromatic nitrogens is 1. The lowest BCUT2D eigenvalue weighted by molar-refractivity contribution is 0.212.